The summed E-state index contributed by atoms with van der Waals surface area (Å²) < 4.78 is 0. The van der Waals surface area contributed by atoms with Crippen molar-refractivity contribution >= 4 is 17.5 Å². The van der Waals surface area contributed by atoms with E-state index in [-0.39, 0.29) is 23.5 Å². The molecule has 2 aliphatic rings. The lowest BCUT2D eigenvalue weighted by Gasteiger charge is -2.13. The molecule has 1 saturated heterocycles. The summed E-state index contributed by atoms with van der Waals surface area (Å²) in [5, 5.41) is 2.62. The third-order valence-corrected chi connectivity index (χ3v) is 2.41. The molecule has 0 aromatic heterocycles. The van der Waals surface area contributed by atoms with Crippen LogP contribution in [0.5, 0.6) is 0 Å². The van der Waals surface area contributed by atoms with E-state index in [1.165, 1.54) is 6.08 Å². The Morgan fingerprint density at radius 1 is 1.46 bits per heavy atom. The maximum Gasteiger partial charge on any atom is 0.229 e. The van der Waals surface area contributed by atoms with Gasteiger partial charge in [0, 0.05) is 11.8 Å². The van der Waals surface area contributed by atoms with E-state index in [0.717, 1.165) is 0 Å². The molecule has 0 unspecified atom stereocenters. The van der Waals surface area contributed by atoms with E-state index in [2.05, 4.69) is 10.3 Å². The first-order valence-corrected chi connectivity index (χ1v) is 4.21. The van der Waals surface area contributed by atoms with E-state index in [9.17, 15) is 9.59 Å². The number of fused-ring (bicyclic) bond motifs is 1. The molecule has 0 radical (unpaired) electrons. The lowest BCUT2D eigenvalue weighted by molar-refractivity contribution is -0.125. The number of amidine groups is 1. The first-order valence-electron chi connectivity index (χ1n) is 4.21. The maximum absolute atomic E-state index is 11.5. The molecular formula is C9H10N2O2. The minimum absolute atomic E-state index is 0.0200. The summed E-state index contributed by atoms with van der Waals surface area (Å²) in [7, 11) is 0. The maximum atomic E-state index is 11.5. The molecule has 4 heteroatoms. The molecule has 0 aromatic carbocycles. The van der Waals surface area contributed by atoms with Crippen LogP contribution in [0.1, 0.15) is 13.8 Å². The number of amides is 1. The van der Waals surface area contributed by atoms with Crippen molar-refractivity contribution in [1.82, 2.24) is 5.32 Å². The van der Waals surface area contributed by atoms with E-state index in [1.807, 2.05) is 0 Å². The number of hydrogen-bond acceptors (Lipinski definition) is 3. The highest BCUT2D eigenvalue weighted by Crippen LogP contribution is 2.25. The van der Waals surface area contributed by atoms with Gasteiger partial charge >= 0.3 is 0 Å². The van der Waals surface area contributed by atoms with Crippen LogP contribution in [0.4, 0.5) is 0 Å². The monoisotopic (exact) mass is 178 g/mol. The summed E-state index contributed by atoms with van der Waals surface area (Å²) in [6, 6.07) is 0. The van der Waals surface area contributed by atoms with Crippen LogP contribution in [0.2, 0.25) is 0 Å². The van der Waals surface area contributed by atoms with Gasteiger partial charge in [0.15, 0.2) is 5.78 Å². The molecule has 0 aliphatic carbocycles. The van der Waals surface area contributed by atoms with E-state index in [4.69, 9.17) is 0 Å². The standard InChI is InChI=1S/C9H10N2O2/c1-4-3-6(12)7-5(2)9(13)11-8(7)10-4/h3,5,7H,1-2H3,(H,10,11,13)/t5-,7+/m0/s1. The molecule has 2 atom stereocenters. The number of nitrogens with one attached hydrogen (secondary N) is 1. The van der Waals surface area contributed by atoms with Crippen molar-refractivity contribution in [2.75, 3.05) is 0 Å². The van der Waals surface area contributed by atoms with Gasteiger partial charge in [0.25, 0.3) is 0 Å². The molecule has 4 nitrogen and oxygen atoms in total. The van der Waals surface area contributed by atoms with Crippen molar-refractivity contribution in [2.24, 2.45) is 16.8 Å². The fraction of sp³-hybridized carbons (Fsp3) is 0.444. The molecule has 68 valence electrons. The first kappa shape index (κ1) is 8.16. The summed E-state index contributed by atoms with van der Waals surface area (Å²) in [4.78, 5) is 26.8. The lowest BCUT2D eigenvalue weighted by Crippen LogP contribution is -2.29. The predicted octanol–water partition coefficient (Wildman–Crippen LogP) is 0.254. The van der Waals surface area contributed by atoms with Crippen molar-refractivity contribution in [3.05, 3.63) is 11.8 Å². The van der Waals surface area contributed by atoms with Crippen LogP contribution in [0.3, 0.4) is 0 Å². The van der Waals surface area contributed by atoms with Gasteiger partial charge in [-0.05, 0) is 6.92 Å². The zero-order chi connectivity index (χ0) is 9.59. The smallest absolute Gasteiger partial charge is 0.229 e. The highest BCUT2D eigenvalue weighted by Gasteiger charge is 2.42. The average molecular weight is 178 g/mol. The van der Waals surface area contributed by atoms with Gasteiger partial charge in [0.05, 0.1) is 11.8 Å². The van der Waals surface area contributed by atoms with E-state index < -0.39 is 0 Å². The van der Waals surface area contributed by atoms with Gasteiger partial charge in [-0.1, -0.05) is 6.92 Å². The van der Waals surface area contributed by atoms with Crippen molar-refractivity contribution in [1.29, 1.82) is 0 Å². The molecule has 2 aliphatic heterocycles. The fourth-order valence-electron chi connectivity index (χ4n) is 1.70. The molecule has 1 amide bonds. The molecule has 13 heavy (non-hydrogen) atoms. The third-order valence-electron chi connectivity index (χ3n) is 2.41. The molecule has 0 saturated carbocycles. The molecular weight excluding hydrogens is 168 g/mol. The summed E-state index contributed by atoms with van der Waals surface area (Å²) >= 11 is 0. The van der Waals surface area contributed by atoms with Crippen LogP contribution in [0.25, 0.3) is 0 Å². The summed E-state index contributed by atoms with van der Waals surface area (Å²) in [5.41, 5.74) is 0.658. The Balaban J connectivity index is 2.42. The number of carbonyl (C=O) groups excluding carboxylic acids is 2. The Hall–Kier alpha value is -1.45. The number of rotatable bonds is 0. The molecule has 1 N–H and O–H groups in total. The zero-order valence-electron chi connectivity index (χ0n) is 7.50. The fourth-order valence-corrected chi connectivity index (χ4v) is 1.70. The lowest BCUT2D eigenvalue weighted by atomic mass is 9.90. The number of ketones is 1. The second kappa shape index (κ2) is 2.52. The van der Waals surface area contributed by atoms with Crippen molar-refractivity contribution in [2.45, 2.75) is 13.8 Å². The van der Waals surface area contributed by atoms with Crippen LogP contribution in [-0.4, -0.2) is 17.5 Å². The highest BCUT2D eigenvalue weighted by molar-refractivity contribution is 6.21. The van der Waals surface area contributed by atoms with Gasteiger partial charge in [-0.2, -0.15) is 0 Å². The first-order chi connectivity index (χ1) is 6.09. The third kappa shape index (κ3) is 1.09. The minimum Gasteiger partial charge on any atom is -0.313 e. The van der Waals surface area contributed by atoms with E-state index >= 15 is 0 Å². The van der Waals surface area contributed by atoms with Crippen LogP contribution < -0.4 is 5.32 Å². The Bertz CT molecular complexity index is 355. The van der Waals surface area contributed by atoms with Crippen LogP contribution >= 0.6 is 0 Å². The Morgan fingerprint density at radius 3 is 2.85 bits per heavy atom. The molecule has 2 rings (SSSR count). The Morgan fingerprint density at radius 2 is 2.15 bits per heavy atom. The van der Waals surface area contributed by atoms with Gasteiger partial charge < -0.3 is 5.32 Å². The number of hydrogen-bond donors (Lipinski definition) is 1. The van der Waals surface area contributed by atoms with Gasteiger partial charge in [0.1, 0.15) is 5.84 Å². The van der Waals surface area contributed by atoms with Crippen LogP contribution in [0.15, 0.2) is 16.8 Å². The second-order valence-corrected chi connectivity index (χ2v) is 3.44. The number of nitrogens with zero attached hydrogens (tertiary/aromatic N) is 1. The molecule has 2 heterocycles. The SMILES string of the molecule is CC1=CC(=O)[C@@H]2C(=N1)NC(=O)[C@H]2C. The second-order valence-electron chi connectivity index (χ2n) is 3.44. The van der Waals surface area contributed by atoms with E-state index in [1.54, 1.807) is 13.8 Å². The normalized spacial score (nSPS) is 32.2. The van der Waals surface area contributed by atoms with E-state index in [0.29, 0.717) is 11.5 Å². The van der Waals surface area contributed by atoms with Gasteiger partial charge in [-0.3, -0.25) is 9.59 Å². The number of allylic oxidation sites excluding steroid dienone is 2. The molecule has 0 spiro atoms. The molecule has 0 bridgehead atoms. The molecule has 1 fully saturated rings. The summed E-state index contributed by atoms with van der Waals surface area (Å²) in [5.74, 6) is -0.261. The summed E-state index contributed by atoms with van der Waals surface area (Å²) in [6.07, 6.45) is 1.49. The predicted molar refractivity (Wildman–Crippen MR) is 47.0 cm³/mol. The highest BCUT2D eigenvalue weighted by atomic mass is 16.2. The Labute approximate surface area is 75.7 Å². The van der Waals surface area contributed by atoms with Gasteiger partial charge in [-0.25, -0.2) is 4.99 Å². The minimum atomic E-state index is -0.365. The van der Waals surface area contributed by atoms with Crippen LogP contribution in [0, 0.1) is 11.8 Å². The van der Waals surface area contributed by atoms with Crippen molar-refractivity contribution in [3.8, 4) is 0 Å². The van der Waals surface area contributed by atoms with Crippen LogP contribution in [-0.2, 0) is 9.59 Å². The van der Waals surface area contributed by atoms with Gasteiger partial charge in [-0.15, -0.1) is 0 Å². The largest absolute Gasteiger partial charge is 0.313 e. The zero-order valence-corrected chi connectivity index (χ0v) is 7.50. The molecule has 0 aromatic rings. The quantitative estimate of drug-likeness (QED) is 0.578. The van der Waals surface area contributed by atoms with Gasteiger partial charge in [0.2, 0.25) is 5.91 Å². The van der Waals surface area contributed by atoms with Crippen molar-refractivity contribution in [3.63, 3.8) is 0 Å². The number of carbonyl (C=O) groups is 2. The van der Waals surface area contributed by atoms with Crippen molar-refractivity contribution < 1.29 is 9.59 Å². The average Bonchev–Trinajstić information content (AvgIpc) is 2.27. The topological polar surface area (TPSA) is 58.5 Å². The number of aliphatic imine (C=N–C) groups is 1. The summed E-state index contributed by atoms with van der Waals surface area (Å²) in [6.45, 7) is 3.49. The Kier molecular flexibility index (Phi) is 1.58.